The molecule has 0 unspecified atom stereocenters. The van der Waals surface area contributed by atoms with E-state index in [9.17, 15) is 20.2 Å². The highest BCUT2D eigenvalue weighted by Crippen LogP contribution is 2.34. The summed E-state index contributed by atoms with van der Waals surface area (Å²) in [4.78, 5) is 23.4. The van der Waals surface area contributed by atoms with Gasteiger partial charge in [0.25, 0.3) is 11.6 Å². The van der Waals surface area contributed by atoms with Crippen LogP contribution < -0.4 is 19.5 Å². The topological polar surface area (TPSA) is 124 Å². The number of amides is 1. The molecule has 0 saturated carbocycles. The Hall–Kier alpha value is -4.36. The quantitative estimate of drug-likeness (QED) is 0.165. The van der Waals surface area contributed by atoms with Gasteiger partial charge in [-0.1, -0.05) is 40.2 Å². The summed E-state index contributed by atoms with van der Waals surface area (Å²) in [5.41, 5.74) is 0.926. The molecule has 178 valence electrons. The van der Waals surface area contributed by atoms with Crippen LogP contribution in [0.2, 0.25) is 0 Å². The molecule has 3 aromatic carbocycles. The van der Waals surface area contributed by atoms with Crippen LogP contribution in [0.25, 0.3) is 6.08 Å². The SMILES string of the molecule is COc1ccc([N+](=O)[O-])cc1NC(=O)/C(C#N)=C/c1cccc(OC)c1OCc1ccc(Br)cc1. The van der Waals surface area contributed by atoms with Crippen molar-refractivity contribution in [2.24, 2.45) is 0 Å². The van der Waals surface area contributed by atoms with Crippen LogP contribution in [0, 0.1) is 21.4 Å². The number of nitrogens with one attached hydrogen (secondary N) is 1. The molecule has 0 fully saturated rings. The average Bonchev–Trinajstić information content (AvgIpc) is 2.86. The minimum absolute atomic E-state index is 0.0604. The van der Waals surface area contributed by atoms with Gasteiger partial charge in [0.1, 0.15) is 24.0 Å². The number of methoxy groups -OCH3 is 2. The lowest BCUT2D eigenvalue weighted by atomic mass is 10.1. The zero-order valence-electron chi connectivity index (χ0n) is 18.8. The highest BCUT2D eigenvalue weighted by atomic mass is 79.9. The number of halogens is 1. The van der Waals surface area contributed by atoms with Crippen molar-refractivity contribution in [1.82, 2.24) is 0 Å². The van der Waals surface area contributed by atoms with Crippen molar-refractivity contribution in [3.63, 3.8) is 0 Å². The van der Waals surface area contributed by atoms with E-state index in [-0.39, 0.29) is 29.3 Å². The van der Waals surface area contributed by atoms with E-state index in [4.69, 9.17) is 14.2 Å². The lowest BCUT2D eigenvalue weighted by Gasteiger charge is -2.14. The van der Waals surface area contributed by atoms with Crippen LogP contribution in [0.4, 0.5) is 11.4 Å². The Labute approximate surface area is 209 Å². The van der Waals surface area contributed by atoms with Crippen molar-refractivity contribution in [1.29, 1.82) is 5.26 Å². The molecule has 1 N–H and O–H groups in total. The monoisotopic (exact) mass is 537 g/mol. The molecule has 9 nitrogen and oxygen atoms in total. The van der Waals surface area contributed by atoms with Gasteiger partial charge in [0.15, 0.2) is 11.5 Å². The Morgan fingerprint density at radius 3 is 2.46 bits per heavy atom. The van der Waals surface area contributed by atoms with Crippen LogP contribution >= 0.6 is 15.9 Å². The standard InChI is InChI=1S/C25H20BrN3O6/c1-33-22-11-10-20(29(31)32)13-21(22)28-25(30)18(14-27)12-17-4-3-5-23(34-2)24(17)35-15-16-6-8-19(26)9-7-16/h3-13H,15H2,1-2H3,(H,28,30)/b18-12+. The van der Waals surface area contributed by atoms with E-state index >= 15 is 0 Å². The van der Waals surface area contributed by atoms with Crippen LogP contribution in [0.3, 0.4) is 0 Å². The predicted octanol–water partition coefficient (Wildman–Crippen LogP) is 5.50. The maximum Gasteiger partial charge on any atom is 0.271 e. The number of ether oxygens (including phenoxy) is 3. The van der Waals surface area contributed by atoms with Crippen LogP contribution in [0.1, 0.15) is 11.1 Å². The molecule has 35 heavy (non-hydrogen) atoms. The molecule has 0 heterocycles. The number of hydrogen-bond acceptors (Lipinski definition) is 7. The second kappa shape index (κ2) is 11.7. The molecule has 0 radical (unpaired) electrons. The summed E-state index contributed by atoms with van der Waals surface area (Å²) in [6, 6.07) is 18.3. The summed E-state index contributed by atoms with van der Waals surface area (Å²) in [5, 5.41) is 23.3. The number of carbonyl (C=O) groups is 1. The van der Waals surface area contributed by atoms with Crippen LogP contribution in [-0.4, -0.2) is 25.1 Å². The number of benzene rings is 3. The van der Waals surface area contributed by atoms with Crippen molar-refractivity contribution in [2.45, 2.75) is 6.61 Å². The largest absolute Gasteiger partial charge is 0.495 e. The second-order valence-corrected chi connectivity index (χ2v) is 7.98. The molecule has 0 atom stereocenters. The first-order valence-corrected chi connectivity index (χ1v) is 11.0. The molecule has 0 aliphatic rings. The summed E-state index contributed by atoms with van der Waals surface area (Å²) >= 11 is 3.39. The van der Waals surface area contributed by atoms with Crippen LogP contribution in [0.5, 0.6) is 17.2 Å². The Morgan fingerprint density at radius 2 is 1.83 bits per heavy atom. The highest BCUT2D eigenvalue weighted by molar-refractivity contribution is 9.10. The van der Waals surface area contributed by atoms with Crippen LogP contribution in [-0.2, 0) is 11.4 Å². The lowest BCUT2D eigenvalue weighted by Crippen LogP contribution is -2.14. The molecule has 0 saturated heterocycles. The molecule has 3 aromatic rings. The number of carbonyl (C=O) groups excluding carboxylic acids is 1. The summed E-state index contributed by atoms with van der Waals surface area (Å²) < 4.78 is 17.5. The minimum atomic E-state index is -0.770. The van der Waals surface area contributed by atoms with Gasteiger partial charge in [0.05, 0.1) is 24.8 Å². The number of hydrogen-bond donors (Lipinski definition) is 1. The summed E-state index contributed by atoms with van der Waals surface area (Å²) in [5.74, 6) is 0.217. The molecular formula is C25H20BrN3O6. The molecule has 3 rings (SSSR count). The van der Waals surface area contributed by atoms with Gasteiger partial charge >= 0.3 is 0 Å². The van der Waals surface area contributed by atoms with Gasteiger partial charge in [-0.3, -0.25) is 14.9 Å². The maximum absolute atomic E-state index is 12.9. The van der Waals surface area contributed by atoms with Gasteiger partial charge in [0.2, 0.25) is 0 Å². The number of non-ortho nitro benzene ring substituents is 1. The third kappa shape index (κ3) is 6.37. The zero-order chi connectivity index (χ0) is 25.4. The van der Waals surface area contributed by atoms with Gasteiger partial charge < -0.3 is 19.5 Å². The van der Waals surface area contributed by atoms with Crippen molar-refractivity contribution < 1.29 is 23.9 Å². The number of nitriles is 1. The average molecular weight is 538 g/mol. The van der Waals surface area contributed by atoms with Gasteiger partial charge in [-0.25, -0.2) is 0 Å². The number of nitro benzene ring substituents is 1. The normalized spacial score (nSPS) is 10.7. The van der Waals surface area contributed by atoms with E-state index in [1.165, 1.54) is 32.4 Å². The summed E-state index contributed by atoms with van der Waals surface area (Å²) in [6.07, 6.45) is 1.36. The predicted molar refractivity (Wildman–Crippen MR) is 133 cm³/mol. The zero-order valence-corrected chi connectivity index (χ0v) is 20.4. The van der Waals surface area contributed by atoms with Crippen molar-refractivity contribution >= 4 is 39.3 Å². The molecule has 0 bridgehead atoms. The van der Waals surface area contributed by atoms with E-state index in [1.54, 1.807) is 18.2 Å². The fourth-order valence-electron chi connectivity index (χ4n) is 3.10. The van der Waals surface area contributed by atoms with Gasteiger partial charge in [-0.15, -0.1) is 0 Å². The number of para-hydroxylation sites is 1. The molecule has 0 aliphatic carbocycles. The highest BCUT2D eigenvalue weighted by Gasteiger charge is 2.18. The molecular weight excluding hydrogens is 518 g/mol. The molecule has 0 aliphatic heterocycles. The molecule has 10 heteroatoms. The fourth-order valence-corrected chi connectivity index (χ4v) is 3.36. The number of rotatable bonds is 9. The van der Waals surface area contributed by atoms with E-state index in [2.05, 4.69) is 21.2 Å². The Bertz CT molecular complexity index is 1320. The third-order valence-electron chi connectivity index (χ3n) is 4.83. The Morgan fingerprint density at radius 1 is 1.11 bits per heavy atom. The minimum Gasteiger partial charge on any atom is -0.495 e. The van der Waals surface area contributed by atoms with Crippen molar-refractivity contribution in [3.8, 4) is 23.3 Å². The first-order chi connectivity index (χ1) is 16.9. The summed E-state index contributed by atoms with van der Waals surface area (Å²) in [7, 11) is 2.85. The smallest absolute Gasteiger partial charge is 0.271 e. The summed E-state index contributed by atoms with van der Waals surface area (Å²) in [6.45, 7) is 0.230. The van der Waals surface area contributed by atoms with E-state index in [0.29, 0.717) is 17.1 Å². The second-order valence-electron chi connectivity index (χ2n) is 7.06. The first-order valence-electron chi connectivity index (χ1n) is 10.2. The lowest BCUT2D eigenvalue weighted by molar-refractivity contribution is -0.384. The Kier molecular flexibility index (Phi) is 8.43. The molecule has 0 aromatic heterocycles. The maximum atomic E-state index is 12.9. The molecule has 1 amide bonds. The van der Waals surface area contributed by atoms with E-state index in [0.717, 1.165) is 16.1 Å². The third-order valence-corrected chi connectivity index (χ3v) is 5.36. The van der Waals surface area contributed by atoms with Crippen molar-refractivity contribution in [2.75, 3.05) is 19.5 Å². The fraction of sp³-hybridized carbons (Fsp3) is 0.120. The first kappa shape index (κ1) is 25.3. The number of nitro groups is 1. The van der Waals surface area contributed by atoms with Crippen LogP contribution in [0.15, 0.2) is 70.7 Å². The van der Waals surface area contributed by atoms with E-state index < -0.39 is 10.8 Å². The van der Waals surface area contributed by atoms with Gasteiger partial charge in [0, 0.05) is 22.2 Å². The number of nitrogens with zero attached hydrogens (tertiary/aromatic N) is 2. The number of anilines is 1. The van der Waals surface area contributed by atoms with Gasteiger partial charge in [-0.2, -0.15) is 5.26 Å². The van der Waals surface area contributed by atoms with Crippen molar-refractivity contribution in [3.05, 3.63) is 92.0 Å². The Balaban J connectivity index is 1.91. The molecule has 0 spiro atoms. The van der Waals surface area contributed by atoms with E-state index in [1.807, 2.05) is 30.3 Å². The van der Waals surface area contributed by atoms with Gasteiger partial charge in [-0.05, 0) is 35.9 Å².